The highest BCUT2D eigenvalue weighted by molar-refractivity contribution is 5.72. The van der Waals surface area contributed by atoms with E-state index in [9.17, 15) is 4.79 Å². The summed E-state index contributed by atoms with van der Waals surface area (Å²) in [6.07, 6.45) is 3.18. The molecule has 0 fully saturated rings. The lowest BCUT2D eigenvalue weighted by Gasteiger charge is -2.09. The van der Waals surface area contributed by atoms with Crippen molar-refractivity contribution in [3.63, 3.8) is 0 Å². The maximum atomic E-state index is 12.6. The third-order valence-corrected chi connectivity index (χ3v) is 4.27. The monoisotopic (exact) mass is 343 g/mol. The number of pyridine rings is 1. The van der Waals surface area contributed by atoms with Crippen molar-refractivity contribution in [2.75, 3.05) is 7.11 Å². The molecule has 0 aliphatic heterocycles. The molecule has 0 aliphatic carbocycles. The molecule has 5 nitrogen and oxygen atoms in total. The average molecular weight is 343 g/mol. The molecule has 0 saturated carbocycles. The Morgan fingerprint density at radius 3 is 2.62 bits per heavy atom. The van der Waals surface area contributed by atoms with Crippen LogP contribution in [0, 0.1) is 0 Å². The number of methoxy groups -OCH3 is 1. The molecule has 2 aromatic heterocycles. The molecule has 4 rings (SSSR count). The molecule has 5 heteroatoms. The third-order valence-electron chi connectivity index (χ3n) is 4.27. The van der Waals surface area contributed by atoms with Crippen LogP contribution in [-0.4, -0.2) is 21.6 Å². The Balaban J connectivity index is 1.69. The average Bonchev–Trinajstić information content (AvgIpc) is 2.70. The molecule has 0 unspecified atom stereocenters. The molecule has 26 heavy (non-hydrogen) atoms. The van der Waals surface area contributed by atoms with Crippen molar-refractivity contribution in [2.24, 2.45) is 0 Å². The van der Waals surface area contributed by atoms with Gasteiger partial charge in [-0.3, -0.25) is 9.36 Å². The van der Waals surface area contributed by atoms with Crippen molar-refractivity contribution in [1.29, 1.82) is 0 Å². The molecule has 4 aromatic rings. The molecule has 2 aromatic carbocycles. The number of hydrogen-bond donors (Lipinski definition) is 0. The van der Waals surface area contributed by atoms with E-state index in [-0.39, 0.29) is 5.56 Å². The van der Waals surface area contributed by atoms with E-state index in [1.54, 1.807) is 36.3 Å². The number of benzene rings is 2. The van der Waals surface area contributed by atoms with Crippen LogP contribution in [0.25, 0.3) is 22.2 Å². The van der Waals surface area contributed by atoms with Crippen LogP contribution in [0.1, 0.15) is 5.56 Å². The number of fused-ring (bicyclic) bond motifs is 1. The predicted octanol–water partition coefficient (Wildman–Crippen LogP) is 3.52. The minimum Gasteiger partial charge on any atom is -0.497 e. The third kappa shape index (κ3) is 3.07. The van der Waals surface area contributed by atoms with Crippen molar-refractivity contribution < 1.29 is 4.74 Å². The Bertz CT molecular complexity index is 1140. The van der Waals surface area contributed by atoms with Crippen LogP contribution in [-0.2, 0) is 6.54 Å². The second-order valence-electron chi connectivity index (χ2n) is 5.98. The van der Waals surface area contributed by atoms with Crippen molar-refractivity contribution in [1.82, 2.24) is 14.5 Å². The Morgan fingerprint density at radius 2 is 1.77 bits per heavy atom. The van der Waals surface area contributed by atoms with Crippen LogP contribution >= 0.6 is 0 Å². The molecule has 0 aliphatic rings. The molecule has 0 saturated heterocycles. The highest BCUT2D eigenvalue weighted by atomic mass is 16.5. The van der Waals surface area contributed by atoms with Crippen molar-refractivity contribution in [3.05, 3.63) is 89.1 Å². The first kappa shape index (κ1) is 16.0. The Morgan fingerprint density at radius 1 is 0.962 bits per heavy atom. The summed E-state index contributed by atoms with van der Waals surface area (Å²) in [6.45, 7) is 0.441. The number of nitrogens with zero attached hydrogens (tertiary/aromatic N) is 3. The maximum absolute atomic E-state index is 12.6. The lowest BCUT2D eigenvalue weighted by Crippen LogP contribution is -2.21. The Labute approximate surface area is 150 Å². The standard InChI is InChI=1S/C21H17N3O2/c1-26-18-8-3-7-17(12-18)16-6-2-5-15(11-16)13-24-14-23-19-9-4-10-22-20(19)21(24)25/h2-12,14H,13H2,1H3. The van der Waals surface area contributed by atoms with Gasteiger partial charge >= 0.3 is 0 Å². The fraction of sp³-hybridized carbons (Fsp3) is 0.0952. The number of hydrogen-bond acceptors (Lipinski definition) is 4. The molecule has 0 radical (unpaired) electrons. The lowest BCUT2D eigenvalue weighted by atomic mass is 10.0. The smallest absolute Gasteiger partial charge is 0.280 e. The molecule has 0 bridgehead atoms. The topological polar surface area (TPSA) is 57.0 Å². The van der Waals surface area contributed by atoms with E-state index in [1.165, 1.54) is 0 Å². The van der Waals surface area contributed by atoms with E-state index in [0.29, 0.717) is 17.6 Å². The van der Waals surface area contributed by atoms with Gasteiger partial charge in [-0.1, -0.05) is 30.3 Å². The summed E-state index contributed by atoms with van der Waals surface area (Å²) < 4.78 is 6.88. The fourth-order valence-electron chi connectivity index (χ4n) is 2.95. The molecule has 0 atom stereocenters. The van der Waals surface area contributed by atoms with E-state index >= 15 is 0 Å². The zero-order valence-electron chi connectivity index (χ0n) is 14.3. The Kier molecular flexibility index (Phi) is 4.19. The van der Waals surface area contributed by atoms with Crippen LogP contribution in [0.5, 0.6) is 5.75 Å². The van der Waals surface area contributed by atoms with E-state index < -0.39 is 0 Å². The SMILES string of the molecule is COc1cccc(-c2cccc(Cn3cnc4cccnc4c3=O)c2)c1. The van der Waals surface area contributed by atoms with E-state index in [1.807, 2.05) is 42.5 Å². The lowest BCUT2D eigenvalue weighted by molar-refractivity contribution is 0.415. The van der Waals surface area contributed by atoms with Gasteiger partial charge in [-0.15, -0.1) is 0 Å². The minimum absolute atomic E-state index is 0.137. The van der Waals surface area contributed by atoms with Gasteiger partial charge in [0.1, 0.15) is 5.75 Å². The molecule has 0 amide bonds. The highest BCUT2D eigenvalue weighted by Gasteiger charge is 2.06. The van der Waals surface area contributed by atoms with E-state index in [0.717, 1.165) is 22.4 Å². The number of rotatable bonds is 4. The summed E-state index contributed by atoms with van der Waals surface area (Å²) in [5.74, 6) is 0.814. The summed E-state index contributed by atoms with van der Waals surface area (Å²) in [7, 11) is 1.66. The first-order chi connectivity index (χ1) is 12.7. The van der Waals surface area contributed by atoms with Crippen molar-refractivity contribution in [2.45, 2.75) is 6.54 Å². The van der Waals surface area contributed by atoms with Gasteiger partial charge in [0, 0.05) is 6.20 Å². The van der Waals surface area contributed by atoms with Crippen molar-refractivity contribution in [3.8, 4) is 16.9 Å². The van der Waals surface area contributed by atoms with Gasteiger partial charge in [0.05, 0.1) is 25.5 Å². The highest BCUT2D eigenvalue weighted by Crippen LogP contribution is 2.24. The fourth-order valence-corrected chi connectivity index (χ4v) is 2.95. The van der Waals surface area contributed by atoms with Crippen LogP contribution in [0.2, 0.25) is 0 Å². The van der Waals surface area contributed by atoms with Gasteiger partial charge in [-0.2, -0.15) is 0 Å². The molecule has 0 spiro atoms. The second kappa shape index (κ2) is 6.80. The van der Waals surface area contributed by atoms with Gasteiger partial charge in [0.15, 0.2) is 5.52 Å². The summed E-state index contributed by atoms with van der Waals surface area (Å²) in [4.78, 5) is 21.1. The minimum atomic E-state index is -0.137. The van der Waals surface area contributed by atoms with Crippen molar-refractivity contribution >= 4 is 11.0 Å². The zero-order chi connectivity index (χ0) is 17.9. The van der Waals surface area contributed by atoms with Crippen LogP contribution in [0.15, 0.2) is 78.0 Å². The summed E-state index contributed by atoms with van der Waals surface area (Å²) in [6, 6.07) is 19.6. The summed E-state index contributed by atoms with van der Waals surface area (Å²) in [5, 5.41) is 0. The van der Waals surface area contributed by atoms with Crippen LogP contribution in [0.4, 0.5) is 0 Å². The zero-order valence-corrected chi connectivity index (χ0v) is 14.3. The van der Waals surface area contributed by atoms with Gasteiger partial charge in [0.25, 0.3) is 5.56 Å². The summed E-state index contributed by atoms with van der Waals surface area (Å²) in [5.41, 5.74) is 4.02. The summed E-state index contributed by atoms with van der Waals surface area (Å²) >= 11 is 0. The van der Waals surface area contributed by atoms with Gasteiger partial charge in [-0.25, -0.2) is 9.97 Å². The number of ether oxygens (including phenoxy) is 1. The van der Waals surface area contributed by atoms with Gasteiger partial charge < -0.3 is 4.74 Å². The van der Waals surface area contributed by atoms with Crippen LogP contribution < -0.4 is 10.3 Å². The molecule has 0 N–H and O–H groups in total. The Hall–Kier alpha value is -3.47. The van der Waals surface area contributed by atoms with Gasteiger partial charge in [-0.05, 0) is 47.0 Å². The first-order valence-corrected chi connectivity index (χ1v) is 8.28. The predicted molar refractivity (Wildman–Crippen MR) is 101 cm³/mol. The quantitative estimate of drug-likeness (QED) is 0.569. The molecule has 128 valence electrons. The first-order valence-electron chi connectivity index (χ1n) is 8.28. The molecular weight excluding hydrogens is 326 g/mol. The van der Waals surface area contributed by atoms with Gasteiger partial charge in [0.2, 0.25) is 0 Å². The number of aromatic nitrogens is 3. The van der Waals surface area contributed by atoms with E-state index in [4.69, 9.17) is 4.74 Å². The molecule has 2 heterocycles. The van der Waals surface area contributed by atoms with Crippen LogP contribution in [0.3, 0.4) is 0 Å². The molecular formula is C21H17N3O2. The second-order valence-corrected chi connectivity index (χ2v) is 5.98. The maximum Gasteiger partial charge on any atom is 0.280 e. The normalized spacial score (nSPS) is 10.8. The van der Waals surface area contributed by atoms with E-state index in [2.05, 4.69) is 16.0 Å². The largest absolute Gasteiger partial charge is 0.497 e.